The van der Waals surface area contributed by atoms with Gasteiger partial charge in [0.05, 0.1) is 25.4 Å². The van der Waals surface area contributed by atoms with Crippen molar-refractivity contribution in [1.82, 2.24) is 0 Å². The van der Waals surface area contributed by atoms with Gasteiger partial charge in [0.15, 0.2) is 25.2 Å². The van der Waals surface area contributed by atoms with Gasteiger partial charge >= 0.3 is 0 Å². The van der Waals surface area contributed by atoms with Gasteiger partial charge in [-0.15, -0.1) is 0 Å². The fraction of sp³-hybridized carbons (Fsp3) is 1.00. The molecule has 20 atom stereocenters. The van der Waals surface area contributed by atoms with E-state index in [1.54, 1.807) is 0 Å². The summed E-state index contributed by atoms with van der Waals surface area (Å²) < 4.78 is 38.4. The van der Waals surface area contributed by atoms with Crippen LogP contribution in [0.5, 0.6) is 0 Å². The minimum Gasteiger partial charge on any atom is -0.394 e. The molecule has 0 aromatic carbocycles. The third-order valence-corrected chi connectivity index (χ3v) is 8.13. The van der Waals surface area contributed by atoms with Gasteiger partial charge in [0.25, 0.3) is 0 Å². The van der Waals surface area contributed by atoms with Crippen LogP contribution in [0, 0.1) is 0 Å². The molecule has 43 heavy (non-hydrogen) atoms. The molecule has 19 nitrogen and oxygen atoms in total. The van der Waals surface area contributed by atoms with Crippen LogP contribution in [0.4, 0.5) is 0 Å². The highest BCUT2D eigenvalue weighted by Gasteiger charge is 2.55. The quantitative estimate of drug-likeness (QED) is 0.118. The van der Waals surface area contributed by atoms with E-state index in [2.05, 4.69) is 0 Å². The van der Waals surface area contributed by atoms with Gasteiger partial charge in [-0.05, 0) is 13.8 Å². The average Bonchev–Trinajstić information content (AvgIpc) is 2.98. The summed E-state index contributed by atoms with van der Waals surface area (Å²) >= 11 is 0. The molecule has 0 saturated carbocycles. The van der Waals surface area contributed by atoms with Crippen LogP contribution in [0.3, 0.4) is 0 Å². The molecule has 252 valence electrons. The second-order valence-corrected chi connectivity index (χ2v) is 11.1. The van der Waals surface area contributed by atoms with E-state index in [0.29, 0.717) is 0 Å². The molecule has 0 bridgehead atoms. The molecular weight excluding hydrogens is 592 g/mol. The Morgan fingerprint density at radius 3 is 1.51 bits per heavy atom. The Hall–Kier alpha value is -0.760. The van der Waals surface area contributed by atoms with Gasteiger partial charge in [-0.1, -0.05) is 0 Å². The normalized spacial score (nSPS) is 54.8. The third kappa shape index (κ3) is 7.00. The lowest BCUT2D eigenvalue weighted by atomic mass is 9.96. The largest absolute Gasteiger partial charge is 0.394 e. The van der Waals surface area contributed by atoms with Crippen molar-refractivity contribution in [3.8, 4) is 0 Å². The summed E-state index contributed by atoms with van der Waals surface area (Å²) in [7, 11) is 0. The van der Waals surface area contributed by atoms with Crippen molar-refractivity contribution in [1.29, 1.82) is 0 Å². The maximum atomic E-state index is 11.1. The van der Waals surface area contributed by atoms with E-state index in [-0.39, 0.29) is 0 Å². The molecule has 4 heterocycles. The van der Waals surface area contributed by atoms with Gasteiger partial charge in [0.1, 0.15) is 85.5 Å². The lowest BCUT2D eigenvalue weighted by molar-refractivity contribution is -0.393. The van der Waals surface area contributed by atoms with Crippen molar-refractivity contribution in [3.05, 3.63) is 0 Å². The highest BCUT2D eigenvalue weighted by atomic mass is 16.8. The van der Waals surface area contributed by atoms with Crippen LogP contribution in [0.2, 0.25) is 0 Å². The molecule has 0 aliphatic carbocycles. The highest BCUT2D eigenvalue weighted by Crippen LogP contribution is 2.34. The fourth-order valence-electron chi connectivity index (χ4n) is 5.40. The second kappa shape index (κ2) is 14.3. The fourth-order valence-corrected chi connectivity index (χ4v) is 5.40. The monoisotopic (exact) mass is 634 g/mol. The maximum absolute atomic E-state index is 11.1. The van der Waals surface area contributed by atoms with Gasteiger partial charge in [-0.2, -0.15) is 0 Å². The van der Waals surface area contributed by atoms with E-state index >= 15 is 0 Å². The van der Waals surface area contributed by atoms with Gasteiger partial charge in [0.2, 0.25) is 0 Å². The zero-order valence-corrected chi connectivity index (χ0v) is 23.2. The SMILES string of the molecule is C[C@@H]1O[C@H](O[C@H]2[C@H](O[C@H]3[C@H](O)[C@@H](O[C@@H]4[C@@H](O)[C@H](O)O[C@H](CO)[C@H]4O)O[C@@H](C)[C@H]3O)O[C@H](CO)[C@@H](O)[C@@H]2O)[C@@H](O)[C@H](O)[C@@H]1O. The summed E-state index contributed by atoms with van der Waals surface area (Å²) in [4.78, 5) is 0. The molecule has 4 aliphatic heterocycles. The number of aliphatic hydroxyl groups is 12. The first-order valence-corrected chi connectivity index (χ1v) is 13.8. The maximum Gasteiger partial charge on any atom is 0.187 e. The van der Waals surface area contributed by atoms with Crippen LogP contribution in [0.15, 0.2) is 0 Å². The molecule has 4 rings (SSSR count). The standard InChI is InChI=1S/C24H42O19/c1-5-9(27)13(31)15(33)22(37-5)43-20-14(32)11(29)7(3-25)40-24(20)42-18-10(28)6(2)38-23(17(18)35)41-19-12(30)8(4-26)39-21(36)16(19)34/h5-36H,3-4H2,1-2H3/t5-,6-,7+,8+,9+,10+,11+,12+,13+,14-,15-,16+,17-,18+,19-,20+,21+,22+,23+,24-/m0/s1. The van der Waals surface area contributed by atoms with E-state index in [0.717, 1.165) is 0 Å². The predicted octanol–water partition coefficient (Wildman–Crippen LogP) is -7.69. The molecule has 0 aromatic rings. The first-order valence-electron chi connectivity index (χ1n) is 13.8. The Kier molecular flexibility index (Phi) is 11.7. The minimum atomic E-state index is -1.92. The summed E-state index contributed by atoms with van der Waals surface area (Å²) in [5.41, 5.74) is 0. The predicted molar refractivity (Wildman–Crippen MR) is 131 cm³/mol. The topological polar surface area (TPSA) is 307 Å². The van der Waals surface area contributed by atoms with E-state index in [9.17, 15) is 61.3 Å². The first-order chi connectivity index (χ1) is 20.2. The lowest BCUT2D eigenvalue weighted by Crippen LogP contribution is -2.67. The Balaban J connectivity index is 1.55. The Morgan fingerprint density at radius 2 is 0.907 bits per heavy atom. The van der Waals surface area contributed by atoms with Crippen LogP contribution < -0.4 is 0 Å². The van der Waals surface area contributed by atoms with Gasteiger partial charge in [-0.25, -0.2) is 0 Å². The smallest absolute Gasteiger partial charge is 0.187 e. The Morgan fingerprint density at radius 1 is 0.419 bits per heavy atom. The van der Waals surface area contributed by atoms with Gasteiger partial charge < -0.3 is 94.4 Å². The van der Waals surface area contributed by atoms with Crippen LogP contribution in [-0.4, -0.2) is 197 Å². The third-order valence-electron chi connectivity index (χ3n) is 8.13. The van der Waals surface area contributed by atoms with Crippen LogP contribution in [-0.2, 0) is 33.2 Å². The Labute approximate surface area is 244 Å². The minimum absolute atomic E-state index is 0.755. The molecule has 4 saturated heterocycles. The van der Waals surface area contributed by atoms with E-state index in [1.807, 2.05) is 0 Å². The van der Waals surface area contributed by atoms with E-state index in [1.165, 1.54) is 13.8 Å². The number of ether oxygens (including phenoxy) is 7. The van der Waals surface area contributed by atoms with Crippen molar-refractivity contribution in [3.63, 3.8) is 0 Å². The summed E-state index contributed by atoms with van der Waals surface area (Å²) in [6.45, 7) is 1.16. The van der Waals surface area contributed by atoms with Crippen molar-refractivity contribution >= 4 is 0 Å². The zero-order valence-electron chi connectivity index (χ0n) is 23.2. The molecule has 0 aromatic heterocycles. The zero-order chi connectivity index (χ0) is 31.9. The number of aliphatic hydroxyl groups excluding tert-OH is 12. The molecule has 4 fully saturated rings. The van der Waals surface area contributed by atoms with Crippen molar-refractivity contribution in [2.45, 2.75) is 137 Å². The molecule has 19 heteroatoms. The summed E-state index contributed by atoms with van der Waals surface area (Å²) in [5.74, 6) is 0. The highest BCUT2D eigenvalue weighted by molar-refractivity contribution is 4.97. The molecule has 0 spiro atoms. The molecule has 0 radical (unpaired) electrons. The molecule has 0 unspecified atom stereocenters. The summed E-state index contributed by atoms with van der Waals surface area (Å²) in [5, 5.41) is 124. The molecule has 12 N–H and O–H groups in total. The average molecular weight is 635 g/mol. The lowest BCUT2D eigenvalue weighted by Gasteiger charge is -2.49. The Bertz CT molecular complexity index is 886. The van der Waals surface area contributed by atoms with E-state index in [4.69, 9.17) is 33.2 Å². The van der Waals surface area contributed by atoms with Crippen LogP contribution in [0.1, 0.15) is 13.8 Å². The van der Waals surface area contributed by atoms with Crippen molar-refractivity contribution in [2.75, 3.05) is 13.2 Å². The molecule has 0 amide bonds. The first kappa shape index (κ1) is 35.1. The number of rotatable bonds is 8. The summed E-state index contributed by atoms with van der Waals surface area (Å²) in [6, 6.07) is 0. The van der Waals surface area contributed by atoms with Gasteiger partial charge in [0, 0.05) is 0 Å². The van der Waals surface area contributed by atoms with E-state index < -0.39 is 136 Å². The second-order valence-electron chi connectivity index (χ2n) is 11.1. The number of hydrogen-bond donors (Lipinski definition) is 12. The van der Waals surface area contributed by atoms with Crippen LogP contribution in [0.25, 0.3) is 0 Å². The summed E-state index contributed by atoms with van der Waals surface area (Å²) in [6.07, 6.45) is -33.0. The molecule has 4 aliphatic rings. The van der Waals surface area contributed by atoms with Gasteiger partial charge in [-0.3, -0.25) is 0 Å². The van der Waals surface area contributed by atoms with Crippen molar-refractivity contribution < 1.29 is 94.4 Å². The van der Waals surface area contributed by atoms with Crippen LogP contribution >= 0.6 is 0 Å². The molecular formula is C24H42O19. The van der Waals surface area contributed by atoms with Crippen molar-refractivity contribution in [2.24, 2.45) is 0 Å². The number of hydrogen-bond acceptors (Lipinski definition) is 19.